The van der Waals surface area contributed by atoms with Crippen LogP contribution in [0.15, 0.2) is 4.99 Å². The van der Waals surface area contributed by atoms with Crippen molar-refractivity contribution in [1.82, 2.24) is 5.32 Å². The lowest BCUT2D eigenvalue weighted by atomic mass is 9.89. The molecular weight excluding hydrogens is 355 g/mol. The van der Waals surface area contributed by atoms with Gasteiger partial charge in [0.25, 0.3) is 0 Å². The molecule has 0 fully saturated rings. The molecule has 2 unspecified atom stereocenters. The van der Waals surface area contributed by atoms with E-state index in [9.17, 15) is 9.90 Å². The first kappa shape index (κ1) is 26.4. The highest BCUT2D eigenvalue weighted by Gasteiger charge is 2.30. The fourth-order valence-electron chi connectivity index (χ4n) is 3.30. The molecule has 0 amide bonds. The normalized spacial score (nSPS) is 16.5. The lowest BCUT2D eigenvalue weighted by Gasteiger charge is -2.31. The first-order valence-electron chi connectivity index (χ1n) is 10.7. The number of carbonyl (C=O) groups excluding carboxylic acids is 1. The number of aliphatic hydroxyl groups excluding tert-OH is 1. The van der Waals surface area contributed by atoms with E-state index in [2.05, 4.69) is 17.2 Å². The smallest absolute Gasteiger partial charge is 0.159 e. The maximum Gasteiger partial charge on any atom is 0.159 e. The summed E-state index contributed by atoms with van der Waals surface area (Å²) in [4.78, 5) is 17.1. The Hall–Kier alpha value is -0.570. The number of nitrogens with zero attached hydrogens (tertiary/aromatic N) is 1. The zero-order valence-corrected chi connectivity index (χ0v) is 19.7. The highest BCUT2D eigenvalue weighted by Crippen LogP contribution is 2.24. The number of hydrogen-bond acceptors (Lipinski definition) is 4. The van der Waals surface area contributed by atoms with Crippen LogP contribution in [0.3, 0.4) is 0 Å². The Labute approximate surface area is 169 Å². The number of unbranched alkanes of at least 4 members (excludes halogenated alkanes) is 5. The molecular formula is C22H43N2O2P. The molecule has 0 aromatic rings. The minimum atomic E-state index is -0.630. The highest BCUT2D eigenvalue weighted by molar-refractivity contribution is 7.56. The van der Waals surface area contributed by atoms with Crippen LogP contribution in [-0.2, 0) is 4.79 Å². The maximum atomic E-state index is 12.5. The van der Waals surface area contributed by atoms with Crippen molar-refractivity contribution in [2.45, 2.75) is 117 Å². The van der Waals surface area contributed by atoms with Gasteiger partial charge in [0.1, 0.15) is 5.54 Å². The van der Waals surface area contributed by atoms with Crippen LogP contribution in [0.5, 0.6) is 0 Å². The van der Waals surface area contributed by atoms with E-state index < -0.39 is 11.6 Å². The zero-order valence-electron chi connectivity index (χ0n) is 18.8. The summed E-state index contributed by atoms with van der Waals surface area (Å²) in [6.45, 7) is 14.9. The maximum absolute atomic E-state index is 12.5. The Balaban J connectivity index is 4.94. The summed E-state index contributed by atoms with van der Waals surface area (Å²) >= 11 is 0. The van der Waals surface area contributed by atoms with E-state index in [0.717, 1.165) is 32.9 Å². The monoisotopic (exact) mass is 398 g/mol. The first-order chi connectivity index (χ1) is 12.6. The highest BCUT2D eigenvalue weighted by atomic mass is 31.1. The topological polar surface area (TPSA) is 61.7 Å². The summed E-state index contributed by atoms with van der Waals surface area (Å²) in [7, 11) is 0.873. The average Bonchev–Trinajstić information content (AvgIpc) is 2.62. The summed E-state index contributed by atoms with van der Waals surface area (Å²) in [5.41, 5.74) is -1.00. The Bertz CT molecular complexity index is 489. The predicted molar refractivity (Wildman–Crippen MR) is 122 cm³/mol. The lowest BCUT2D eigenvalue weighted by Crippen LogP contribution is -2.52. The third-order valence-electron chi connectivity index (χ3n) is 5.25. The van der Waals surface area contributed by atoms with Crippen molar-refractivity contribution >= 4 is 25.2 Å². The molecule has 0 aliphatic rings. The molecule has 0 heterocycles. The van der Waals surface area contributed by atoms with Gasteiger partial charge in [0.15, 0.2) is 5.78 Å². The Morgan fingerprint density at radius 1 is 1.11 bits per heavy atom. The summed E-state index contributed by atoms with van der Waals surface area (Å²) in [5, 5.41) is 14.8. The van der Waals surface area contributed by atoms with Crippen LogP contribution in [0.1, 0.15) is 99.8 Å². The van der Waals surface area contributed by atoms with Crippen molar-refractivity contribution in [1.29, 1.82) is 0 Å². The van der Waals surface area contributed by atoms with Gasteiger partial charge in [0, 0.05) is 17.9 Å². The van der Waals surface area contributed by atoms with E-state index in [1.807, 2.05) is 47.5 Å². The van der Waals surface area contributed by atoms with E-state index in [1.54, 1.807) is 0 Å². The molecule has 4 nitrogen and oxygen atoms in total. The minimum absolute atomic E-state index is 0.202. The number of nitrogens with one attached hydrogen (secondary N) is 1. The van der Waals surface area contributed by atoms with Crippen LogP contribution < -0.4 is 5.32 Å². The van der Waals surface area contributed by atoms with Crippen molar-refractivity contribution in [3.8, 4) is 0 Å². The van der Waals surface area contributed by atoms with E-state index in [4.69, 9.17) is 0 Å². The molecule has 0 saturated carbocycles. The molecule has 0 spiro atoms. The number of carbonyl (C=O) groups is 1. The first-order valence-corrected chi connectivity index (χ1v) is 11.6. The van der Waals surface area contributed by atoms with Crippen LogP contribution in [0.2, 0.25) is 0 Å². The number of ketones is 1. The zero-order chi connectivity index (χ0) is 20.9. The van der Waals surface area contributed by atoms with Crippen molar-refractivity contribution in [2.75, 3.05) is 6.54 Å². The van der Waals surface area contributed by atoms with E-state index in [1.165, 1.54) is 32.1 Å². The van der Waals surface area contributed by atoms with Gasteiger partial charge < -0.3 is 10.4 Å². The summed E-state index contributed by atoms with van der Waals surface area (Å²) in [6, 6.07) is 0. The number of hydrogen-bond donors (Lipinski definition) is 2. The van der Waals surface area contributed by atoms with Crippen molar-refractivity contribution < 1.29 is 9.90 Å². The molecule has 5 heteroatoms. The van der Waals surface area contributed by atoms with Crippen LogP contribution in [0.25, 0.3) is 0 Å². The van der Waals surface area contributed by atoms with E-state index in [0.29, 0.717) is 6.42 Å². The number of likely N-dealkylation sites (N-methyl/N-ethyl adjacent to an activating group) is 1. The van der Waals surface area contributed by atoms with Gasteiger partial charge in [-0.15, -0.1) is 0 Å². The second-order valence-electron chi connectivity index (χ2n) is 8.24. The fourth-order valence-corrected chi connectivity index (χ4v) is 4.26. The lowest BCUT2D eigenvalue weighted by molar-refractivity contribution is -0.123. The SMILES string of the molecule is CCCCCCCCC(C)(N=CP=C(C)C(O)C(C)(C)NCC)C(=O)CC. The van der Waals surface area contributed by atoms with Gasteiger partial charge in [-0.2, -0.15) is 0 Å². The molecule has 0 bridgehead atoms. The van der Waals surface area contributed by atoms with Crippen molar-refractivity contribution in [3.63, 3.8) is 0 Å². The molecule has 0 rings (SSSR count). The van der Waals surface area contributed by atoms with Gasteiger partial charge >= 0.3 is 0 Å². The molecule has 2 N–H and O–H groups in total. The van der Waals surface area contributed by atoms with Crippen LogP contribution in [0, 0.1) is 0 Å². The number of Topliss-reactive ketones (excluding diaryl/α,β-unsaturated/α-hetero) is 1. The van der Waals surface area contributed by atoms with Crippen molar-refractivity contribution in [2.24, 2.45) is 4.99 Å². The van der Waals surface area contributed by atoms with Gasteiger partial charge in [-0.25, -0.2) is 0 Å². The molecule has 0 radical (unpaired) electrons. The molecule has 2 atom stereocenters. The van der Waals surface area contributed by atoms with Gasteiger partial charge in [-0.1, -0.05) is 67.5 Å². The van der Waals surface area contributed by atoms with Crippen molar-refractivity contribution in [3.05, 3.63) is 0 Å². The summed E-state index contributed by atoms with van der Waals surface area (Å²) in [5.74, 6) is 2.01. The molecule has 0 aliphatic carbocycles. The molecule has 158 valence electrons. The Kier molecular flexibility index (Phi) is 13.3. The van der Waals surface area contributed by atoms with Gasteiger partial charge in [0.2, 0.25) is 0 Å². The van der Waals surface area contributed by atoms with E-state index in [-0.39, 0.29) is 11.3 Å². The Morgan fingerprint density at radius 2 is 1.70 bits per heavy atom. The van der Waals surface area contributed by atoms with Crippen LogP contribution in [0.4, 0.5) is 0 Å². The summed E-state index contributed by atoms with van der Waals surface area (Å²) in [6.07, 6.45) is 8.04. The third-order valence-corrected chi connectivity index (χ3v) is 6.14. The Morgan fingerprint density at radius 3 is 2.26 bits per heavy atom. The van der Waals surface area contributed by atoms with Gasteiger partial charge in [0.05, 0.1) is 6.10 Å². The van der Waals surface area contributed by atoms with E-state index >= 15 is 0 Å². The second-order valence-corrected chi connectivity index (χ2v) is 9.43. The van der Waals surface area contributed by atoms with Crippen LogP contribution in [-0.4, -0.2) is 45.9 Å². The molecule has 0 aromatic heterocycles. The standard InChI is InChI=1S/C22H43N2O2P/c1-8-11-12-13-14-15-16-22(7,19(25)9-2)24-17-27-18(4)20(26)21(5,6)23-10-3/h17,20,23,26H,8-16H2,1-7H3. The summed E-state index contributed by atoms with van der Waals surface area (Å²) < 4.78 is 0. The van der Waals surface area contributed by atoms with Crippen LogP contribution >= 0.6 is 8.20 Å². The van der Waals surface area contributed by atoms with Gasteiger partial charge in [-0.05, 0) is 46.0 Å². The van der Waals surface area contributed by atoms with Gasteiger partial charge in [-0.3, -0.25) is 9.79 Å². The third kappa shape index (κ3) is 9.96. The average molecular weight is 399 g/mol. The second kappa shape index (κ2) is 13.6. The number of aliphatic imine (C=N–C) groups is 1. The quantitative estimate of drug-likeness (QED) is 0.221. The predicted octanol–water partition coefficient (Wildman–Crippen LogP) is 5.39. The molecule has 0 saturated heterocycles. The largest absolute Gasteiger partial charge is 0.386 e. The number of rotatable bonds is 15. The molecule has 0 aliphatic heterocycles. The fraction of sp³-hybridized carbons (Fsp3) is 0.864. The minimum Gasteiger partial charge on any atom is -0.386 e. The number of aliphatic hydroxyl groups is 1. The molecule has 27 heavy (non-hydrogen) atoms. The molecule has 0 aromatic carbocycles.